The Hall–Kier alpha value is -0.860. The smallest absolute Gasteiger partial charge is 0.0674 e. The van der Waals surface area contributed by atoms with E-state index in [0.29, 0.717) is 6.54 Å². The molecule has 0 radical (unpaired) electrons. The van der Waals surface area contributed by atoms with Crippen LogP contribution < -0.4 is 5.73 Å². The fourth-order valence-corrected chi connectivity index (χ4v) is 2.72. The van der Waals surface area contributed by atoms with Gasteiger partial charge in [-0.25, -0.2) is 0 Å². The molecule has 1 aliphatic carbocycles. The first kappa shape index (κ1) is 11.6. The SMILES string of the molecule is CC(c1ccccc1)C(O)C1(CN)CCC1. The number of hydrogen-bond donors (Lipinski definition) is 2. The van der Waals surface area contributed by atoms with Gasteiger partial charge in [0.15, 0.2) is 0 Å². The lowest BCUT2D eigenvalue weighted by atomic mass is 9.62. The van der Waals surface area contributed by atoms with Crippen LogP contribution in [0.3, 0.4) is 0 Å². The van der Waals surface area contributed by atoms with Crippen LogP contribution in [0.2, 0.25) is 0 Å². The molecule has 0 spiro atoms. The molecule has 1 saturated carbocycles. The lowest BCUT2D eigenvalue weighted by Gasteiger charge is -2.47. The van der Waals surface area contributed by atoms with Crippen molar-refractivity contribution in [3.8, 4) is 0 Å². The largest absolute Gasteiger partial charge is 0.392 e. The first-order valence-electron chi connectivity index (χ1n) is 6.13. The Kier molecular flexibility index (Phi) is 3.31. The van der Waals surface area contributed by atoms with Crippen LogP contribution in [0.25, 0.3) is 0 Å². The maximum atomic E-state index is 10.5. The summed E-state index contributed by atoms with van der Waals surface area (Å²) in [5, 5.41) is 10.5. The fraction of sp³-hybridized carbons (Fsp3) is 0.571. The molecule has 2 nitrogen and oxygen atoms in total. The molecule has 2 rings (SSSR count). The molecular weight excluding hydrogens is 198 g/mol. The number of rotatable bonds is 4. The van der Waals surface area contributed by atoms with Gasteiger partial charge in [0.25, 0.3) is 0 Å². The molecule has 1 aromatic rings. The van der Waals surface area contributed by atoms with E-state index < -0.39 is 0 Å². The second-order valence-corrected chi connectivity index (χ2v) is 5.06. The van der Waals surface area contributed by atoms with Crippen molar-refractivity contribution in [1.82, 2.24) is 0 Å². The van der Waals surface area contributed by atoms with Crippen LogP contribution in [0.5, 0.6) is 0 Å². The third kappa shape index (κ3) is 1.87. The lowest BCUT2D eigenvalue weighted by Crippen LogP contribution is -2.49. The first-order valence-corrected chi connectivity index (χ1v) is 6.13. The van der Waals surface area contributed by atoms with Crippen LogP contribution in [0.1, 0.15) is 37.7 Å². The van der Waals surface area contributed by atoms with Crippen molar-refractivity contribution < 1.29 is 5.11 Å². The standard InChI is InChI=1S/C14H21NO/c1-11(12-6-3-2-4-7-12)13(16)14(10-15)8-5-9-14/h2-4,6-7,11,13,16H,5,8-10,15H2,1H3. The molecule has 0 bridgehead atoms. The Morgan fingerprint density at radius 1 is 1.31 bits per heavy atom. The molecule has 0 saturated heterocycles. The predicted octanol–water partition coefficient (Wildman–Crippen LogP) is 2.28. The summed E-state index contributed by atoms with van der Waals surface area (Å²) in [5.74, 6) is 0.171. The number of aliphatic hydroxyl groups excluding tert-OH is 1. The Bertz CT molecular complexity index is 326. The van der Waals surface area contributed by atoms with E-state index >= 15 is 0 Å². The van der Waals surface area contributed by atoms with Crippen LogP contribution >= 0.6 is 0 Å². The maximum Gasteiger partial charge on any atom is 0.0674 e. The molecule has 0 aliphatic heterocycles. The molecule has 2 heteroatoms. The summed E-state index contributed by atoms with van der Waals surface area (Å²) in [5.41, 5.74) is 7.01. The van der Waals surface area contributed by atoms with Crippen LogP contribution in [-0.4, -0.2) is 17.8 Å². The molecule has 1 fully saturated rings. The monoisotopic (exact) mass is 219 g/mol. The first-order chi connectivity index (χ1) is 7.69. The molecule has 1 aromatic carbocycles. The zero-order valence-electron chi connectivity index (χ0n) is 9.89. The molecule has 1 aliphatic rings. The van der Waals surface area contributed by atoms with E-state index in [9.17, 15) is 5.11 Å². The van der Waals surface area contributed by atoms with E-state index in [4.69, 9.17) is 5.73 Å². The van der Waals surface area contributed by atoms with E-state index in [1.807, 2.05) is 18.2 Å². The summed E-state index contributed by atoms with van der Waals surface area (Å²) in [6, 6.07) is 10.2. The van der Waals surface area contributed by atoms with E-state index in [1.54, 1.807) is 0 Å². The minimum absolute atomic E-state index is 0.0186. The van der Waals surface area contributed by atoms with Gasteiger partial charge < -0.3 is 10.8 Å². The van der Waals surface area contributed by atoms with Crippen molar-refractivity contribution in [1.29, 1.82) is 0 Å². The van der Waals surface area contributed by atoms with Crippen molar-refractivity contribution in [2.75, 3.05) is 6.54 Å². The quantitative estimate of drug-likeness (QED) is 0.816. The molecule has 88 valence electrons. The second-order valence-electron chi connectivity index (χ2n) is 5.06. The zero-order valence-corrected chi connectivity index (χ0v) is 9.89. The molecule has 0 heterocycles. The van der Waals surface area contributed by atoms with Gasteiger partial charge in [0.2, 0.25) is 0 Å². The van der Waals surface area contributed by atoms with Gasteiger partial charge in [-0.1, -0.05) is 43.7 Å². The van der Waals surface area contributed by atoms with Crippen molar-refractivity contribution in [2.24, 2.45) is 11.1 Å². The Morgan fingerprint density at radius 3 is 2.38 bits per heavy atom. The minimum atomic E-state index is -0.311. The van der Waals surface area contributed by atoms with Gasteiger partial charge >= 0.3 is 0 Å². The number of benzene rings is 1. The summed E-state index contributed by atoms with van der Waals surface area (Å²) in [4.78, 5) is 0. The van der Waals surface area contributed by atoms with Crippen LogP contribution in [-0.2, 0) is 0 Å². The third-order valence-electron chi connectivity index (χ3n) is 4.18. The number of hydrogen-bond acceptors (Lipinski definition) is 2. The Balaban J connectivity index is 2.13. The van der Waals surface area contributed by atoms with Gasteiger partial charge in [-0.05, 0) is 18.4 Å². The maximum absolute atomic E-state index is 10.5. The minimum Gasteiger partial charge on any atom is -0.392 e. The number of aliphatic hydroxyl groups is 1. The van der Waals surface area contributed by atoms with Gasteiger partial charge in [-0.15, -0.1) is 0 Å². The highest BCUT2D eigenvalue weighted by Gasteiger charge is 2.44. The summed E-state index contributed by atoms with van der Waals surface area (Å²) < 4.78 is 0. The van der Waals surface area contributed by atoms with E-state index in [2.05, 4.69) is 19.1 Å². The second kappa shape index (κ2) is 4.56. The normalized spacial score (nSPS) is 22.2. The predicted molar refractivity (Wildman–Crippen MR) is 66.2 cm³/mol. The zero-order chi connectivity index (χ0) is 11.6. The number of nitrogens with two attached hydrogens (primary N) is 1. The Labute approximate surface area is 97.5 Å². The van der Waals surface area contributed by atoms with E-state index in [1.165, 1.54) is 12.0 Å². The van der Waals surface area contributed by atoms with Crippen molar-refractivity contribution in [2.45, 2.75) is 38.2 Å². The van der Waals surface area contributed by atoms with E-state index in [-0.39, 0.29) is 17.4 Å². The van der Waals surface area contributed by atoms with Gasteiger partial charge in [-0.2, -0.15) is 0 Å². The third-order valence-corrected chi connectivity index (χ3v) is 4.18. The lowest BCUT2D eigenvalue weighted by molar-refractivity contribution is -0.0405. The van der Waals surface area contributed by atoms with Crippen LogP contribution in [0.15, 0.2) is 30.3 Å². The fourth-order valence-electron chi connectivity index (χ4n) is 2.72. The Morgan fingerprint density at radius 2 is 1.94 bits per heavy atom. The van der Waals surface area contributed by atoms with E-state index in [0.717, 1.165) is 12.8 Å². The van der Waals surface area contributed by atoms with Crippen molar-refractivity contribution >= 4 is 0 Å². The van der Waals surface area contributed by atoms with Gasteiger partial charge in [0.1, 0.15) is 0 Å². The average molecular weight is 219 g/mol. The summed E-state index contributed by atoms with van der Waals surface area (Å²) in [6.45, 7) is 2.70. The molecule has 0 amide bonds. The molecule has 0 aromatic heterocycles. The van der Waals surface area contributed by atoms with Gasteiger partial charge in [-0.3, -0.25) is 0 Å². The highest BCUT2D eigenvalue weighted by molar-refractivity contribution is 5.21. The molecule has 16 heavy (non-hydrogen) atoms. The van der Waals surface area contributed by atoms with Gasteiger partial charge in [0, 0.05) is 17.9 Å². The summed E-state index contributed by atoms with van der Waals surface area (Å²) >= 11 is 0. The molecular formula is C14H21NO. The molecule has 2 unspecified atom stereocenters. The average Bonchev–Trinajstić information content (AvgIpc) is 2.28. The highest BCUT2D eigenvalue weighted by Crippen LogP contribution is 2.46. The van der Waals surface area contributed by atoms with Gasteiger partial charge in [0.05, 0.1) is 6.10 Å². The summed E-state index contributed by atoms with van der Waals surface area (Å²) in [6.07, 6.45) is 3.04. The van der Waals surface area contributed by atoms with Crippen LogP contribution in [0.4, 0.5) is 0 Å². The molecule has 2 atom stereocenters. The summed E-state index contributed by atoms with van der Waals surface area (Å²) in [7, 11) is 0. The van der Waals surface area contributed by atoms with Crippen LogP contribution in [0, 0.1) is 5.41 Å². The highest BCUT2D eigenvalue weighted by atomic mass is 16.3. The van der Waals surface area contributed by atoms with Crippen molar-refractivity contribution in [3.63, 3.8) is 0 Å². The van der Waals surface area contributed by atoms with Crippen molar-refractivity contribution in [3.05, 3.63) is 35.9 Å². The topological polar surface area (TPSA) is 46.2 Å². The molecule has 3 N–H and O–H groups in total.